The molecule has 116 valence electrons. The van der Waals surface area contributed by atoms with Gasteiger partial charge >= 0.3 is 0 Å². The Morgan fingerprint density at radius 1 is 1.36 bits per heavy atom. The van der Waals surface area contributed by atoms with Gasteiger partial charge in [0, 0.05) is 24.6 Å². The summed E-state index contributed by atoms with van der Waals surface area (Å²) < 4.78 is 16.7. The van der Waals surface area contributed by atoms with E-state index >= 15 is 0 Å². The fourth-order valence-electron chi connectivity index (χ4n) is 3.30. The molecule has 0 unspecified atom stereocenters. The topological polar surface area (TPSA) is 69.4 Å². The number of aromatic nitrogens is 2. The summed E-state index contributed by atoms with van der Waals surface area (Å²) in [5.41, 5.74) is 0.771. The zero-order chi connectivity index (χ0) is 15.0. The minimum absolute atomic E-state index is 0.156. The average Bonchev–Trinajstić information content (AvgIpc) is 3.23. The molecule has 0 saturated carbocycles. The van der Waals surface area contributed by atoms with E-state index in [-0.39, 0.29) is 5.41 Å². The van der Waals surface area contributed by atoms with Crippen LogP contribution >= 0.6 is 0 Å². The molecule has 2 aliphatic heterocycles. The van der Waals surface area contributed by atoms with Gasteiger partial charge in [0.2, 0.25) is 11.7 Å². The van der Waals surface area contributed by atoms with Gasteiger partial charge in [-0.15, -0.1) is 0 Å². The van der Waals surface area contributed by atoms with Gasteiger partial charge in [0.1, 0.15) is 5.75 Å². The summed E-state index contributed by atoms with van der Waals surface area (Å²) in [7, 11) is 0. The predicted molar refractivity (Wildman–Crippen MR) is 79.8 cm³/mol. The van der Waals surface area contributed by atoms with Gasteiger partial charge in [-0.2, -0.15) is 4.98 Å². The number of benzene rings is 1. The third kappa shape index (κ3) is 2.10. The lowest BCUT2D eigenvalue weighted by Gasteiger charge is -2.20. The molecule has 0 spiro atoms. The third-order valence-corrected chi connectivity index (χ3v) is 4.57. The molecule has 0 aliphatic carbocycles. The molecule has 22 heavy (non-hydrogen) atoms. The smallest absolute Gasteiger partial charge is 0.237 e. The molecule has 2 saturated heterocycles. The van der Waals surface area contributed by atoms with Crippen molar-refractivity contribution in [2.75, 3.05) is 32.9 Å². The normalized spacial score (nSPS) is 27.0. The van der Waals surface area contributed by atoms with Crippen molar-refractivity contribution in [3.05, 3.63) is 30.2 Å². The first-order valence-electron chi connectivity index (χ1n) is 7.68. The van der Waals surface area contributed by atoms with Crippen molar-refractivity contribution in [1.82, 2.24) is 15.5 Å². The molecule has 4 rings (SSSR count). The van der Waals surface area contributed by atoms with Gasteiger partial charge in [-0.25, -0.2) is 0 Å². The lowest BCUT2D eigenvalue weighted by molar-refractivity contribution is 0.161. The Morgan fingerprint density at radius 2 is 2.23 bits per heavy atom. The number of fused-ring (bicyclic) bond motifs is 1. The molecule has 1 aromatic carbocycles. The first kappa shape index (κ1) is 13.7. The highest BCUT2D eigenvalue weighted by atomic mass is 16.5. The zero-order valence-corrected chi connectivity index (χ0v) is 12.5. The Hall–Kier alpha value is -1.92. The van der Waals surface area contributed by atoms with E-state index in [0.29, 0.717) is 30.8 Å². The Morgan fingerprint density at radius 3 is 3.05 bits per heavy atom. The maximum Gasteiger partial charge on any atom is 0.237 e. The van der Waals surface area contributed by atoms with Crippen molar-refractivity contribution in [3.63, 3.8) is 0 Å². The first-order chi connectivity index (χ1) is 10.8. The summed E-state index contributed by atoms with van der Waals surface area (Å²) in [6.45, 7) is 5.81. The SMILES string of the molecule is CCOc1ccc(-c2noc([C@]34CNC[C@H]3COC4)n2)cc1. The van der Waals surface area contributed by atoms with E-state index in [1.165, 1.54) is 0 Å². The fourth-order valence-corrected chi connectivity index (χ4v) is 3.30. The summed E-state index contributed by atoms with van der Waals surface area (Å²) in [6.07, 6.45) is 0. The molecule has 3 heterocycles. The highest BCUT2D eigenvalue weighted by Gasteiger charge is 2.52. The molecule has 0 amide bonds. The average molecular weight is 301 g/mol. The van der Waals surface area contributed by atoms with Gasteiger partial charge in [-0.3, -0.25) is 0 Å². The fraction of sp³-hybridized carbons (Fsp3) is 0.500. The van der Waals surface area contributed by atoms with Crippen LogP contribution in [0.3, 0.4) is 0 Å². The van der Waals surface area contributed by atoms with Crippen molar-refractivity contribution in [3.8, 4) is 17.1 Å². The molecule has 6 nitrogen and oxygen atoms in total. The second-order valence-electron chi connectivity index (χ2n) is 5.88. The summed E-state index contributed by atoms with van der Waals surface area (Å²) in [4.78, 5) is 4.63. The summed E-state index contributed by atoms with van der Waals surface area (Å²) >= 11 is 0. The van der Waals surface area contributed by atoms with Crippen molar-refractivity contribution >= 4 is 0 Å². The van der Waals surface area contributed by atoms with Gasteiger partial charge in [0.05, 0.1) is 25.2 Å². The molecule has 0 radical (unpaired) electrons. The van der Waals surface area contributed by atoms with Crippen LogP contribution in [0.25, 0.3) is 11.4 Å². The van der Waals surface area contributed by atoms with E-state index in [2.05, 4.69) is 15.5 Å². The monoisotopic (exact) mass is 301 g/mol. The number of rotatable bonds is 4. The zero-order valence-electron chi connectivity index (χ0n) is 12.5. The molecule has 0 bridgehead atoms. The molecule has 2 aromatic rings. The Bertz CT molecular complexity index is 643. The van der Waals surface area contributed by atoms with Crippen molar-refractivity contribution in [1.29, 1.82) is 0 Å². The summed E-state index contributed by atoms with van der Waals surface area (Å²) in [6, 6.07) is 7.75. The van der Waals surface area contributed by atoms with Gasteiger partial charge < -0.3 is 19.3 Å². The van der Waals surface area contributed by atoms with E-state index in [1.54, 1.807) is 0 Å². The molecular formula is C16H19N3O3. The predicted octanol–water partition coefficient (Wildman–Crippen LogP) is 1.62. The molecule has 1 N–H and O–H groups in total. The van der Waals surface area contributed by atoms with Crippen LogP contribution in [-0.2, 0) is 10.2 Å². The molecule has 1 aromatic heterocycles. The van der Waals surface area contributed by atoms with E-state index in [1.807, 2.05) is 31.2 Å². The number of nitrogens with one attached hydrogen (secondary N) is 1. The van der Waals surface area contributed by atoms with Gasteiger partial charge in [0.15, 0.2) is 0 Å². The second-order valence-corrected chi connectivity index (χ2v) is 5.88. The van der Waals surface area contributed by atoms with E-state index in [9.17, 15) is 0 Å². The minimum atomic E-state index is -0.156. The van der Waals surface area contributed by atoms with Gasteiger partial charge in [-0.1, -0.05) is 5.16 Å². The quantitative estimate of drug-likeness (QED) is 0.925. The van der Waals surface area contributed by atoms with Crippen molar-refractivity contribution in [2.24, 2.45) is 5.92 Å². The Labute approximate surface area is 128 Å². The number of ether oxygens (including phenoxy) is 2. The van der Waals surface area contributed by atoms with E-state index in [4.69, 9.17) is 14.0 Å². The van der Waals surface area contributed by atoms with Crippen LogP contribution < -0.4 is 10.1 Å². The summed E-state index contributed by atoms with van der Waals surface area (Å²) in [5.74, 6) is 2.56. The number of hydrogen-bond donors (Lipinski definition) is 1. The van der Waals surface area contributed by atoms with Crippen LogP contribution in [0.5, 0.6) is 5.75 Å². The largest absolute Gasteiger partial charge is 0.494 e. The first-order valence-corrected chi connectivity index (χ1v) is 7.68. The van der Waals surface area contributed by atoms with Crippen LogP contribution in [-0.4, -0.2) is 43.1 Å². The highest BCUT2D eigenvalue weighted by molar-refractivity contribution is 5.55. The van der Waals surface area contributed by atoms with Gasteiger partial charge in [-0.05, 0) is 31.2 Å². The maximum atomic E-state index is 5.64. The molecule has 6 heteroatoms. The van der Waals surface area contributed by atoms with Crippen LogP contribution in [0.15, 0.2) is 28.8 Å². The molecular weight excluding hydrogens is 282 g/mol. The second kappa shape index (κ2) is 5.37. The lowest BCUT2D eigenvalue weighted by atomic mass is 9.81. The standard InChI is InChI=1S/C16H19N3O3/c1-2-21-13-5-3-11(4-6-13)14-18-15(22-19-14)16-9-17-7-12(16)8-20-10-16/h3-6,12,17H,2,7-10H2,1H3/t12-,16-/m0/s1. The number of hydrogen-bond acceptors (Lipinski definition) is 6. The molecule has 2 atom stereocenters. The third-order valence-electron chi connectivity index (χ3n) is 4.57. The maximum absolute atomic E-state index is 5.64. The Kier molecular flexibility index (Phi) is 3.35. The van der Waals surface area contributed by atoms with Crippen molar-refractivity contribution < 1.29 is 14.0 Å². The Balaban J connectivity index is 1.61. The summed E-state index contributed by atoms with van der Waals surface area (Å²) in [5, 5.41) is 7.56. The van der Waals surface area contributed by atoms with Crippen LogP contribution in [0.1, 0.15) is 12.8 Å². The highest BCUT2D eigenvalue weighted by Crippen LogP contribution is 2.40. The van der Waals surface area contributed by atoms with Gasteiger partial charge in [0.25, 0.3) is 0 Å². The van der Waals surface area contributed by atoms with Crippen LogP contribution in [0.4, 0.5) is 0 Å². The van der Waals surface area contributed by atoms with Crippen LogP contribution in [0, 0.1) is 5.92 Å². The molecule has 2 aliphatic rings. The minimum Gasteiger partial charge on any atom is -0.494 e. The number of nitrogens with zero attached hydrogens (tertiary/aromatic N) is 2. The molecule has 2 fully saturated rings. The van der Waals surface area contributed by atoms with E-state index < -0.39 is 0 Å². The van der Waals surface area contributed by atoms with Crippen LogP contribution in [0.2, 0.25) is 0 Å². The van der Waals surface area contributed by atoms with Crippen molar-refractivity contribution in [2.45, 2.75) is 12.3 Å². The van der Waals surface area contributed by atoms with E-state index in [0.717, 1.165) is 31.0 Å². The lowest BCUT2D eigenvalue weighted by Crippen LogP contribution is -2.35.